The van der Waals surface area contributed by atoms with Crippen molar-refractivity contribution in [1.82, 2.24) is 4.72 Å². The molecule has 0 saturated heterocycles. The number of alkyl halides is 2. The quantitative estimate of drug-likeness (QED) is 0.744. The number of nitriles is 1. The number of rotatable bonds is 4. The van der Waals surface area contributed by atoms with E-state index in [1.165, 1.54) is 0 Å². The van der Waals surface area contributed by atoms with Crippen LogP contribution in [0.2, 0.25) is 0 Å². The van der Waals surface area contributed by atoms with E-state index < -0.39 is 21.8 Å². The summed E-state index contributed by atoms with van der Waals surface area (Å²) < 4.78 is 46.4. The number of hydrogen-bond donors (Lipinski definition) is 1. The summed E-state index contributed by atoms with van der Waals surface area (Å²) in [5.74, 6) is -3.85. The number of nitrogens with zero attached hydrogens (tertiary/aromatic N) is 1. The van der Waals surface area contributed by atoms with Crippen molar-refractivity contribution in [2.75, 3.05) is 0 Å². The first-order valence-electron chi connectivity index (χ1n) is 3.50. The average Bonchev–Trinajstić information content (AvgIpc) is 1.99. The lowest BCUT2D eigenvalue weighted by atomic mass is 10.1. The fourth-order valence-corrected chi connectivity index (χ4v) is 1.32. The van der Waals surface area contributed by atoms with Gasteiger partial charge in [-0.3, -0.25) is 0 Å². The zero-order chi connectivity index (χ0) is 10.6. The summed E-state index contributed by atoms with van der Waals surface area (Å²) in [7, 11) is -4.66. The molecule has 0 fully saturated rings. The summed E-state index contributed by atoms with van der Waals surface area (Å²) in [6.07, 6.45) is 0. The highest BCUT2D eigenvalue weighted by atomic mass is 32.2. The minimum absolute atomic E-state index is 0.349. The average molecular weight is 212 g/mol. The molecule has 0 amide bonds. The third-order valence-electron chi connectivity index (χ3n) is 1.33. The second kappa shape index (κ2) is 4.48. The molecule has 0 heterocycles. The molecule has 0 aromatic heterocycles. The molecule has 0 spiro atoms. The van der Waals surface area contributed by atoms with Gasteiger partial charge in [-0.15, -0.1) is 0 Å². The van der Waals surface area contributed by atoms with Gasteiger partial charge in [0, 0.05) is 0 Å². The van der Waals surface area contributed by atoms with Crippen molar-refractivity contribution >= 4 is 10.0 Å². The summed E-state index contributed by atoms with van der Waals surface area (Å²) in [5, 5.41) is 8.42. The van der Waals surface area contributed by atoms with Crippen molar-refractivity contribution in [2.24, 2.45) is 5.92 Å². The van der Waals surface area contributed by atoms with Crippen molar-refractivity contribution in [3.63, 3.8) is 0 Å². The van der Waals surface area contributed by atoms with Gasteiger partial charge in [-0.05, 0) is 5.92 Å². The minimum atomic E-state index is -4.66. The maximum Gasteiger partial charge on any atom is 0.350 e. The molecule has 0 radical (unpaired) electrons. The van der Waals surface area contributed by atoms with Crippen molar-refractivity contribution in [3.8, 4) is 6.07 Å². The minimum Gasteiger partial charge on any atom is -0.206 e. The molecule has 0 aliphatic carbocycles. The van der Waals surface area contributed by atoms with E-state index in [0.29, 0.717) is 0 Å². The molecule has 76 valence electrons. The molecule has 7 heteroatoms. The second-order valence-electron chi connectivity index (χ2n) is 2.77. The van der Waals surface area contributed by atoms with Gasteiger partial charge in [0.2, 0.25) is 0 Å². The molecule has 0 aromatic rings. The Morgan fingerprint density at radius 1 is 1.38 bits per heavy atom. The predicted octanol–water partition coefficient (Wildman–Crippen LogP) is 0.677. The smallest absolute Gasteiger partial charge is 0.206 e. The molecule has 0 aliphatic heterocycles. The van der Waals surface area contributed by atoms with Crippen LogP contribution in [0.15, 0.2) is 0 Å². The molecular weight excluding hydrogens is 202 g/mol. The highest BCUT2D eigenvalue weighted by Gasteiger charge is 2.28. The van der Waals surface area contributed by atoms with Crippen molar-refractivity contribution < 1.29 is 17.2 Å². The lowest BCUT2D eigenvalue weighted by Crippen LogP contribution is -2.40. The molecule has 0 aliphatic rings. The lowest BCUT2D eigenvalue weighted by Gasteiger charge is -2.14. The van der Waals surface area contributed by atoms with Gasteiger partial charge in [0.15, 0.2) is 0 Å². The Hall–Kier alpha value is -0.740. The zero-order valence-electron chi connectivity index (χ0n) is 7.16. The molecule has 4 nitrogen and oxygen atoms in total. The van der Waals surface area contributed by atoms with Crippen LogP contribution in [0.5, 0.6) is 0 Å². The standard InChI is InChI=1S/C6H10F2N2O2S/c1-4(2)5(3-9)10-13(11,12)6(7)8/h4-6,10H,1-2H3. The molecule has 0 saturated carbocycles. The first-order chi connectivity index (χ1) is 5.81. The number of halogens is 2. The fourth-order valence-electron chi connectivity index (χ4n) is 0.540. The Morgan fingerprint density at radius 3 is 2.08 bits per heavy atom. The Kier molecular flexibility index (Phi) is 4.23. The lowest BCUT2D eigenvalue weighted by molar-refractivity contribution is 0.231. The van der Waals surface area contributed by atoms with E-state index in [1.54, 1.807) is 24.6 Å². The van der Waals surface area contributed by atoms with Crippen LogP contribution >= 0.6 is 0 Å². The SMILES string of the molecule is CC(C)C(C#N)NS(=O)(=O)C(F)F. The Morgan fingerprint density at radius 2 is 1.85 bits per heavy atom. The highest BCUT2D eigenvalue weighted by molar-refractivity contribution is 7.89. The second-order valence-corrected chi connectivity index (χ2v) is 4.46. The third kappa shape index (κ3) is 3.65. The van der Waals surface area contributed by atoms with Gasteiger partial charge in [0.25, 0.3) is 10.0 Å². The summed E-state index contributed by atoms with van der Waals surface area (Å²) in [6, 6.07) is 0.477. The van der Waals surface area contributed by atoms with Crippen LogP contribution in [0.1, 0.15) is 13.8 Å². The van der Waals surface area contributed by atoms with Crippen molar-refractivity contribution in [2.45, 2.75) is 25.6 Å². The van der Waals surface area contributed by atoms with E-state index in [2.05, 4.69) is 0 Å². The van der Waals surface area contributed by atoms with Gasteiger partial charge >= 0.3 is 5.76 Å². The summed E-state index contributed by atoms with van der Waals surface area (Å²) >= 11 is 0. The van der Waals surface area contributed by atoms with Gasteiger partial charge in [-0.2, -0.15) is 18.8 Å². The zero-order valence-corrected chi connectivity index (χ0v) is 7.98. The maximum absolute atomic E-state index is 11.8. The van der Waals surface area contributed by atoms with Crippen LogP contribution in [0.25, 0.3) is 0 Å². The first kappa shape index (κ1) is 12.3. The molecule has 1 N–H and O–H groups in total. The van der Waals surface area contributed by atoms with Crippen LogP contribution in [0.3, 0.4) is 0 Å². The topological polar surface area (TPSA) is 70.0 Å². The van der Waals surface area contributed by atoms with Gasteiger partial charge in [-0.1, -0.05) is 13.8 Å². The van der Waals surface area contributed by atoms with E-state index in [0.717, 1.165) is 0 Å². The van der Waals surface area contributed by atoms with E-state index >= 15 is 0 Å². The van der Waals surface area contributed by atoms with Crippen molar-refractivity contribution in [3.05, 3.63) is 0 Å². The van der Waals surface area contributed by atoms with Crippen LogP contribution in [0, 0.1) is 17.2 Å². The summed E-state index contributed by atoms with van der Waals surface area (Å²) in [5.41, 5.74) is 0. The first-order valence-corrected chi connectivity index (χ1v) is 5.04. The summed E-state index contributed by atoms with van der Waals surface area (Å²) in [4.78, 5) is 0. The predicted molar refractivity (Wildman–Crippen MR) is 42.3 cm³/mol. The largest absolute Gasteiger partial charge is 0.350 e. The monoisotopic (exact) mass is 212 g/mol. The molecule has 13 heavy (non-hydrogen) atoms. The van der Waals surface area contributed by atoms with Crippen LogP contribution < -0.4 is 4.72 Å². The Labute approximate surface area is 75.6 Å². The Bertz CT molecular complexity index is 294. The van der Waals surface area contributed by atoms with E-state index in [9.17, 15) is 17.2 Å². The van der Waals surface area contributed by atoms with Crippen LogP contribution in [-0.4, -0.2) is 20.2 Å². The normalized spacial score (nSPS) is 14.5. The highest BCUT2D eigenvalue weighted by Crippen LogP contribution is 2.07. The molecule has 0 aromatic carbocycles. The van der Waals surface area contributed by atoms with Gasteiger partial charge in [0.1, 0.15) is 6.04 Å². The van der Waals surface area contributed by atoms with E-state index in [4.69, 9.17) is 5.26 Å². The molecule has 1 atom stereocenters. The number of sulfonamides is 1. The third-order valence-corrected chi connectivity index (χ3v) is 2.38. The fraction of sp³-hybridized carbons (Fsp3) is 0.833. The van der Waals surface area contributed by atoms with Gasteiger partial charge in [-0.25, -0.2) is 8.42 Å². The molecule has 0 bridgehead atoms. The molecule has 0 rings (SSSR count). The van der Waals surface area contributed by atoms with E-state index in [1.807, 2.05) is 0 Å². The summed E-state index contributed by atoms with van der Waals surface area (Å²) in [6.45, 7) is 3.11. The van der Waals surface area contributed by atoms with Crippen LogP contribution in [-0.2, 0) is 10.0 Å². The van der Waals surface area contributed by atoms with Crippen LogP contribution in [0.4, 0.5) is 8.78 Å². The molecular formula is C6H10F2N2O2S. The number of hydrogen-bond acceptors (Lipinski definition) is 3. The maximum atomic E-state index is 11.8. The van der Waals surface area contributed by atoms with E-state index in [-0.39, 0.29) is 5.92 Å². The van der Waals surface area contributed by atoms with Gasteiger partial charge < -0.3 is 0 Å². The number of nitrogens with one attached hydrogen (secondary N) is 1. The van der Waals surface area contributed by atoms with Crippen molar-refractivity contribution in [1.29, 1.82) is 5.26 Å². The molecule has 1 unspecified atom stereocenters. The Balaban J connectivity index is 4.53. The van der Waals surface area contributed by atoms with Gasteiger partial charge in [0.05, 0.1) is 6.07 Å².